The first-order valence-electron chi connectivity index (χ1n) is 6.35. The molecule has 1 aromatic heterocycles. The number of aromatic amines is 1. The lowest BCUT2D eigenvalue weighted by atomic mass is 9.90. The van der Waals surface area contributed by atoms with Crippen molar-refractivity contribution < 1.29 is 9.59 Å². The number of nitrogens with zero attached hydrogens (tertiary/aromatic N) is 1. The molecule has 0 amide bonds. The molecule has 0 radical (unpaired) electrons. The Bertz CT molecular complexity index is 683. The van der Waals surface area contributed by atoms with Gasteiger partial charge in [0.05, 0.1) is 0 Å². The second kappa shape index (κ2) is 4.16. The van der Waals surface area contributed by atoms with Crippen molar-refractivity contribution in [2.75, 3.05) is 0 Å². The molecule has 0 unspecified atom stereocenters. The fourth-order valence-electron chi connectivity index (χ4n) is 2.39. The minimum Gasteiger partial charge on any atom is -0.339 e. The standard InChI is InChI=1S/C15H14N2O2/c1-8(2)7-11-16-12-9-5-3-4-6-10(9)14(18)15(19)13(12)17-11/h3-6,8H,7H2,1-2H3,(H,16,17). The monoisotopic (exact) mass is 254 g/mol. The summed E-state index contributed by atoms with van der Waals surface area (Å²) in [6.45, 7) is 4.17. The van der Waals surface area contributed by atoms with E-state index in [9.17, 15) is 9.59 Å². The second-order valence-corrected chi connectivity index (χ2v) is 5.21. The zero-order chi connectivity index (χ0) is 13.6. The first-order valence-corrected chi connectivity index (χ1v) is 6.35. The highest BCUT2D eigenvalue weighted by Crippen LogP contribution is 2.31. The third-order valence-electron chi connectivity index (χ3n) is 3.21. The molecular weight excluding hydrogens is 240 g/mol. The van der Waals surface area contributed by atoms with Crippen molar-refractivity contribution in [3.8, 4) is 11.3 Å². The summed E-state index contributed by atoms with van der Waals surface area (Å²) in [6.07, 6.45) is 0.761. The zero-order valence-corrected chi connectivity index (χ0v) is 10.9. The van der Waals surface area contributed by atoms with Crippen LogP contribution in [0.5, 0.6) is 0 Å². The molecule has 0 fully saturated rings. The van der Waals surface area contributed by atoms with E-state index >= 15 is 0 Å². The number of hydrogen-bond donors (Lipinski definition) is 1. The maximum absolute atomic E-state index is 12.1. The van der Waals surface area contributed by atoms with Gasteiger partial charge < -0.3 is 4.98 Å². The summed E-state index contributed by atoms with van der Waals surface area (Å²) >= 11 is 0. The molecule has 1 N–H and O–H groups in total. The molecule has 4 heteroatoms. The van der Waals surface area contributed by atoms with Crippen molar-refractivity contribution in [1.29, 1.82) is 0 Å². The van der Waals surface area contributed by atoms with Gasteiger partial charge in [0.2, 0.25) is 5.78 Å². The number of aromatic nitrogens is 2. The topological polar surface area (TPSA) is 62.8 Å². The van der Waals surface area contributed by atoms with Crippen molar-refractivity contribution in [1.82, 2.24) is 9.97 Å². The van der Waals surface area contributed by atoms with Gasteiger partial charge in [-0.3, -0.25) is 9.59 Å². The van der Waals surface area contributed by atoms with Gasteiger partial charge in [0.15, 0.2) is 0 Å². The summed E-state index contributed by atoms with van der Waals surface area (Å²) < 4.78 is 0. The highest BCUT2D eigenvalue weighted by atomic mass is 16.2. The van der Waals surface area contributed by atoms with Crippen LogP contribution in [0.1, 0.15) is 40.5 Å². The van der Waals surface area contributed by atoms with Gasteiger partial charge in [0, 0.05) is 17.5 Å². The van der Waals surface area contributed by atoms with Crippen LogP contribution in [-0.4, -0.2) is 21.5 Å². The Morgan fingerprint density at radius 2 is 1.79 bits per heavy atom. The summed E-state index contributed by atoms with van der Waals surface area (Å²) in [4.78, 5) is 31.6. The molecule has 1 heterocycles. The number of carbonyl (C=O) groups is 2. The Kier molecular flexibility index (Phi) is 2.59. The molecule has 0 saturated carbocycles. The Labute approximate surface area is 110 Å². The lowest BCUT2D eigenvalue weighted by Crippen LogP contribution is -2.21. The first-order chi connectivity index (χ1) is 9.08. The molecule has 1 aliphatic rings. The van der Waals surface area contributed by atoms with Crippen LogP contribution in [-0.2, 0) is 6.42 Å². The van der Waals surface area contributed by atoms with Crippen LogP contribution in [0.25, 0.3) is 11.3 Å². The van der Waals surface area contributed by atoms with E-state index < -0.39 is 11.6 Å². The van der Waals surface area contributed by atoms with E-state index in [0.29, 0.717) is 22.9 Å². The SMILES string of the molecule is CC(C)Cc1nc2c([nH]1)C(=O)C(=O)c1ccccc1-2. The maximum atomic E-state index is 12.1. The number of nitrogens with one attached hydrogen (secondary N) is 1. The van der Waals surface area contributed by atoms with Gasteiger partial charge >= 0.3 is 0 Å². The molecule has 0 bridgehead atoms. The Balaban J connectivity index is 2.18. The average molecular weight is 254 g/mol. The Morgan fingerprint density at radius 3 is 2.47 bits per heavy atom. The molecule has 4 nitrogen and oxygen atoms in total. The summed E-state index contributed by atoms with van der Waals surface area (Å²) in [5, 5.41) is 0. The molecule has 3 rings (SSSR count). The van der Waals surface area contributed by atoms with Gasteiger partial charge in [-0.05, 0) is 5.92 Å². The number of benzene rings is 1. The van der Waals surface area contributed by atoms with E-state index in [-0.39, 0.29) is 0 Å². The third-order valence-corrected chi connectivity index (χ3v) is 3.21. The Hall–Kier alpha value is -2.23. The predicted molar refractivity (Wildman–Crippen MR) is 71.2 cm³/mol. The maximum Gasteiger partial charge on any atom is 0.251 e. The second-order valence-electron chi connectivity index (χ2n) is 5.21. The summed E-state index contributed by atoms with van der Waals surface area (Å²) in [5.74, 6) is 0.255. The van der Waals surface area contributed by atoms with Crippen LogP contribution in [0.3, 0.4) is 0 Å². The predicted octanol–water partition coefficient (Wildman–Crippen LogP) is 2.65. The fourth-order valence-corrected chi connectivity index (χ4v) is 2.39. The third kappa shape index (κ3) is 1.80. The molecule has 19 heavy (non-hydrogen) atoms. The van der Waals surface area contributed by atoms with Gasteiger partial charge in [-0.25, -0.2) is 4.98 Å². The highest BCUT2D eigenvalue weighted by molar-refractivity contribution is 6.52. The van der Waals surface area contributed by atoms with Gasteiger partial charge in [0.25, 0.3) is 5.78 Å². The number of carbonyl (C=O) groups excluding carboxylic acids is 2. The van der Waals surface area contributed by atoms with Gasteiger partial charge in [-0.1, -0.05) is 38.1 Å². The molecule has 1 aliphatic carbocycles. The number of ketones is 2. The van der Waals surface area contributed by atoms with Crippen LogP contribution in [0.4, 0.5) is 0 Å². The smallest absolute Gasteiger partial charge is 0.251 e. The number of imidazole rings is 1. The average Bonchev–Trinajstić information content (AvgIpc) is 2.79. The lowest BCUT2D eigenvalue weighted by molar-refractivity contribution is 0.0812. The van der Waals surface area contributed by atoms with E-state index in [1.54, 1.807) is 12.1 Å². The van der Waals surface area contributed by atoms with Crippen molar-refractivity contribution in [3.63, 3.8) is 0 Å². The van der Waals surface area contributed by atoms with Gasteiger partial charge in [-0.15, -0.1) is 0 Å². The summed E-state index contributed by atoms with van der Waals surface area (Å²) in [5.41, 5.74) is 2.13. The van der Waals surface area contributed by atoms with Crippen LogP contribution >= 0.6 is 0 Å². The number of hydrogen-bond acceptors (Lipinski definition) is 3. The molecule has 96 valence electrons. The molecule has 1 aromatic carbocycles. The van der Waals surface area contributed by atoms with Crippen molar-refractivity contribution in [2.24, 2.45) is 5.92 Å². The quantitative estimate of drug-likeness (QED) is 0.838. The van der Waals surface area contributed by atoms with Crippen molar-refractivity contribution in [3.05, 3.63) is 41.3 Å². The van der Waals surface area contributed by atoms with Crippen LogP contribution in [0.2, 0.25) is 0 Å². The molecule has 0 saturated heterocycles. The minimum absolute atomic E-state index is 0.333. The lowest BCUT2D eigenvalue weighted by Gasteiger charge is -2.11. The Morgan fingerprint density at radius 1 is 1.11 bits per heavy atom. The van der Waals surface area contributed by atoms with Crippen molar-refractivity contribution in [2.45, 2.75) is 20.3 Å². The molecule has 2 aromatic rings. The van der Waals surface area contributed by atoms with E-state index in [1.165, 1.54) is 0 Å². The fraction of sp³-hybridized carbons (Fsp3) is 0.267. The number of Topliss-reactive ketones (excluding diaryl/α,β-unsaturated/α-hetero) is 2. The largest absolute Gasteiger partial charge is 0.339 e. The molecule has 0 spiro atoms. The minimum atomic E-state index is -0.490. The van der Waals surface area contributed by atoms with E-state index in [4.69, 9.17) is 0 Å². The number of fused-ring (bicyclic) bond motifs is 3. The summed E-state index contributed by atoms with van der Waals surface area (Å²) in [7, 11) is 0. The van der Waals surface area contributed by atoms with Crippen LogP contribution < -0.4 is 0 Å². The molecule has 0 atom stereocenters. The summed E-state index contributed by atoms with van der Waals surface area (Å²) in [6, 6.07) is 7.12. The van der Waals surface area contributed by atoms with E-state index in [0.717, 1.165) is 17.8 Å². The van der Waals surface area contributed by atoms with Crippen LogP contribution in [0.15, 0.2) is 24.3 Å². The molecule has 0 aliphatic heterocycles. The van der Waals surface area contributed by atoms with Crippen molar-refractivity contribution >= 4 is 11.6 Å². The number of rotatable bonds is 2. The first kappa shape index (κ1) is 11.8. The highest BCUT2D eigenvalue weighted by Gasteiger charge is 2.33. The van der Waals surface area contributed by atoms with E-state index in [1.807, 2.05) is 12.1 Å². The molecular formula is C15H14N2O2. The van der Waals surface area contributed by atoms with Crippen LogP contribution in [0, 0.1) is 5.92 Å². The van der Waals surface area contributed by atoms with Gasteiger partial charge in [-0.2, -0.15) is 0 Å². The van der Waals surface area contributed by atoms with E-state index in [2.05, 4.69) is 23.8 Å². The van der Waals surface area contributed by atoms with Gasteiger partial charge in [0.1, 0.15) is 17.2 Å². The normalized spacial score (nSPS) is 13.6. The number of H-pyrrole nitrogens is 1. The zero-order valence-electron chi connectivity index (χ0n) is 10.9.